The summed E-state index contributed by atoms with van der Waals surface area (Å²) in [6.07, 6.45) is 2.36. The SMILES string of the molecule is COc1ccc(CN2CCCC(COc3ccc(Cl)c(C)c3)(CC(=O)N3CCOCC3)C2)cc1CO. The molecule has 0 radical (unpaired) electrons. The van der Waals surface area contributed by atoms with E-state index in [-0.39, 0.29) is 17.9 Å². The van der Waals surface area contributed by atoms with Gasteiger partial charge in [-0.2, -0.15) is 0 Å². The zero-order valence-electron chi connectivity index (χ0n) is 21.3. The van der Waals surface area contributed by atoms with Gasteiger partial charge in [-0.3, -0.25) is 9.69 Å². The third kappa shape index (κ3) is 6.71. The molecule has 0 aromatic heterocycles. The molecule has 1 unspecified atom stereocenters. The number of halogens is 1. The molecule has 7 nitrogen and oxygen atoms in total. The molecule has 1 atom stereocenters. The fraction of sp³-hybridized carbons (Fsp3) is 0.536. The van der Waals surface area contributed by atoms with Crippen LogP contribution in [-0.4, -0.2) is 73.9 Å². The molecule has 2 heterocycles. The minimum atomic E-state index is -0.298. The first-order chi connectivity index (χ1) is 17.4. The average molecular weight is 517 g/mol. The lowest BCUT2D eigenvalue weighted by Crippen LogP contribution is -2.50. The number of aliphatic hydroxyl groups excluding tert-OH is 1. The van der Waals surface area contributed by atoms with E-state index in [4.69, 9.17) is 25.8 Å². The van der Waals surface area contributed by atoms with E-state index in [1.165, 1.54) is 0 Å². The lowest BCUT2D eigenvalue weighted by molar-refractivity contribution is -0.139. The van der Waals surface area contributed by atoms with Crippen LogP contribution in [0.2, 0.25) is 5.02 Å². The number of hydrogen-bond donors (Lipinski definition) is 1. The van der Waals surface area contributed by atoms with Gasteiger partial charge in [-0.15, -0.1) is 0 Å². The van der Waals surface area contributed by atoms with Crippen LogP contribution in [0.5, 0.6) is 11.5 Å². The zero-order valence-corrected chi connectivity index (χ0v) is 22.1. The molecular formula is C28H37ClN2O5. The van der Waals surface area contributed by atoms with Crippen LogP contribution in [-0.2, 0) is 22.7 Å². The molecule has 0 bridgehead atoms. The monoisotopic (exact) mass is 516 g/mol. The van der Waals surface area contributed by atoms with Gasteiger partial charge < -0.3 is 24.2 Å². The third-order valence-electron chi connectivity index (χ3n) is 7.23. The Bertz CT molecular complexity index is 1040. The van der Waals surface area contributed by atoms with Crippen molar-refractivity contribution in [2.24, 2.45) is 5.41 Å². The summed E-state index contributed by atoms with van der Waals surface area (Å²) in [7, 11) is 1.61. The molecule has 4 rings (SSSR count). The minimum Gasteiger partial charge on any atom is -0.496 e. The van der Waals surface area contributed by atoms with Gasteiger partial charge in [0.05, 0.1) is 33.5 Å². The molecule has 0 aliphatic carbocycles. The number of aliphatic hydroxyl groups is 1. The highest BCUT2D eigenvalue weighted by Gasteiger charge is 2.39. The maximum Gasteiger partial charge on any atom is 0.223 e. The van der Waals surface area contributed by atoms with Crippen LogP contribution in [0.3, 0.4) is 0 Å². The number of methoxy groups -OCH3 is 1. The van der Waals surface area contributed by atoms with E-state index in [1.807, 2.05) is 48.2 Å². The molecule has 2 aliphatic heterocycles. The van der Waals surface area contributed by atoms with Crippen LogP contribution < -0.4 is 9.47 Å². The summed E-state index contributed by atoms with van der Waals surface area (Å²) in [6.45, 7) is 7.29. The zero-order chi connectivity index (χ0) is 25.5. The van der Waals surface area contributed by atoms with Gasteiger partial charge in [0.1, 0.15) is 11.5 Å². The highest BCUT2D eigenvalue weighted by atomic mass is 35.5. The number of rotatable bonds is 9. The number of nitrogens with zero attached hydrogens (tertiary/aromatic N) is 2. The highest BCUT2D eigenvalue weighted by molar-refractivity contribution is 6.31. The number of amides is 1. The number of carbonyl (C=O) groups excluding carboxylic acids is 1. The van der Waals surface area contributed by atoms with Gasteiger partial charge >= 0.3 is 0 Å². The Morgan fingerprint density at radius 3 is 2.69 bits per heavy atom. The van der Waals surface area contributed by atoms with Crippen LogP contribution >= 0.6 is 11.6 Å². The Balaban J connectivity index is 1.51. The Kier molecular flexibility index (Phi) is 9.12. The third-order valence-corrected chi connectivity index (χ3v) is 7.65. The predicted molar refractivity (Wildman–Crippen MR) is 140 cm³/mol. The van der Waals surface area contributed by atoms with E-state index in [0.29, 0.717) is 50.1 Å². The van der Waals surface area contributed by atoms with Gasteiger partial charge in [-0.1, -0.05) is 17.7 Å². The van der Waals surface area contributed by atoms with Crippen molar-refractivity contribution in [1.82, 2.24) is 9.80 Å². The number of hydrogen-bond acceptors (Lipinski definition) is 6. The standard InChI is InChI=1S/C28H37ClN2O5/c1-21-14-24(5-6-25(21)29)36-20-28(16-27(33)31-10-12-35-13-11-31)8-3-9-30(19-28)17-22-4-7-26(34-2)23(15-22)18-32/h4-7,14-15,32H,3,8-13,16-20H2,1-2H3. The number of morpholine rings is 1. The summed E-state index contributed by atoms with van der Waals surface area (Å²) in [4.78, 5) is 17.7. The molecule has 2 aromatic rings. The molecule has 36 heavy (non-hydrogen) atoms. The lowest BCUT2D eigenvalue weighted by atomic mass is 9.77. The van der Waals surface area contributed by atoms with Crippen molar-refractivity contribution in [2.45, 2.75) is 39.3 Å². The van der Waals surface area contributed by atoms with E-state index in [0.717, 1.165) is 54.9 Å². The van der Waals surface area contributed by atoms with Crippen molar-refractivity contribution in [2.75, 3.05) is 53.1 Å². The summed E-state index contributed by atoms with van der Waals surface area (Å²) >= 11 is 6.20. The predicted octanol–water partition coefficient (Wildman–Crippen LogP) is 4.06. The first kappa shape index (κ1) is 26.7. The molecule has 2 saturated heterocycles. The number of piperidine rings is 1. The number of aryl methyl sites for hydroxylation is 1. The second-order valence-corrected chi connectivity index (χ2v) is 10.4. The van der Waals surface area contributed by atoms with Gasteiger partial charge in [-0.05, 0) is 67.8 Å². The van der Waals surface area contributed by atoms with Crippen LogP contribution in [0.1, 0.15) is 36.0 Å². The molecule has 196 valence electrons. The smallest absolute Gasteiger partial charge is 0.223 e. The maximum absolute atomic E-state index is 13.3. The summed E-state index contributed by atoms with van der Waals surface area (Å²) in [5.74, 6) is 1.63. The first-order valence-corrected chi connectivity index (χ1v) is 13.0. The average Bonchev–Trinajstić information content (AvgIpc) is 2.90. The largest absolute Gasteiger partial charge is 0.496 e. The van der Waals surface area contributed by atoms with Crippen molar-refractivity contribution >= 4 is 17.5 Å². The van der Waals surface area contributed by atoms with Crippen molar-refractivity contribution in [3.63, 3.8) is 0 Å². The van der Waals surface area contributed by atoms with Crippen molar-refractivity contribution in [1.29, 1.82) is 0 Å². The Morgan fingerprint density at radius 1 is 1.17 bits per heavy atom. The summed E-state index contributed by atoms with van der Waals surface area (Å²) < 4.78 is 17.1. The molecule has 0 spiro atoms. The normalized spacial score (nSPS) is 20.8. The first-order valence-electron chi connectivity index (χ1n) is 12.6. The number of carbonyl (C=O) groups is 1. The summed E-state index contributed by atoms with van der Waals surface area (Å²) in [6, 6.07) is 11.6. The van der Waals surface area contributed by atoms with Crippen LogP contribution in [0.15, 0.2) is 36.4 Å². The van der Waals surface area contributed by atoms with Gasteiger partial charge in [-0.25, -0.2) is 0 Å². The van der Waals surface area contributed by atoms with Gasteiger partial charge in [0.15, 0.2) is 0 Å². The molecule has 2 fully saturated rings. The lowest BCUT2D eigenvalue weighted by Gasteiger charge is -2.43. The molecule has 2 aliphatic rings. The second-order valence-electron chi connectivity index (χ2n) is 9.99. The van der Waals surface area contributed by atoms with Crippen molar-refractivity contribution < 1.29 is 24.1 Å². The highest BCUT2D eigenvalue weighted by Crippen LogP contribution is 2.36. The fourth-order valence-electron chi connectivity index (χ4n) is 5.26. The van der Waals surface area contributed by atoms with E-state index in [9.17, 15) is 9.90 Å². The number of likely N-dealkylation sites (tertiary alicyclic amines) is 1. The fourth-order valence-corrected chi connectivity index (χ4v) is 5.38. The molecule has 1 N–H and O–H groups in total. The molecular weight excluding hydrogens is 480 g/mol. The molecule has 0 saturated carbocycles. The molecule has 2 aromatic carbocycles. The Morgan fingerprint density at radius 2 is 1.97 bits per heavy atom. The van der Waals surface area contributed by atoms with Crippen LogP contribution in [0.25, 0.3) is 0 Å². The quantitative estimate of drug-likeness (QED) is 0.542. The summed E-state index contributed by atoms with van der Waals surface area (Å²) in [5, 5.41) is 10.4. The van der Waals surface area contributed by atoms with Crippen LogP contribution in [0.4, 0.5) is 0 Å². The second kappa shape index (κ2) is 12.3. The van der Waals surface area contributed by atoms with E-state index < -0.39 is 0 Å². The van der Waals surface area contributed by atoms with Gasteiger partial charge in [0.25, 0.3) is 0 Å². The van der Waals surface area contributed by atoms with Crippen molar-refractivity contribution in [3.05, 3.63) is 58.1 Å². The number of benzene rings is 2. The molecule has 8 heteroatoms. The topological polar surface area (TPSA) is 71.5 Å². The van der Waals surface area contributed by atoms with E-state index >= 15 is 0 Å². The van der Waals surface area contributed by atoms with Gasteiger partial charge in [0, 0.05) is 48.6 Å². The van der Waals surface area contributed by atoms with E-state index in [1.54, 1.807) is 7.11 Å². The summed E-state index contributed by atoms with van der Waals surface area (Å²) in [5.41, 5.74) is 2.57. The van der Waals surface area contributed by atoms with Gasteiger partial charge in [0.2, 0.25) is 5.91 Å². The molecule has 1 amide bonds. The minimum absolute atomic E-state index is 0.0661. The maximum atomic E-state index is 13.3. The Hall–Kier alpha value is -2.32. The van der Waals surface area contributed by atoms with Crippen molar-refractivity contribution in [3.8, 4) is 11.5 Å². The Labute approximate surface area is 218 Å². The number of ether oxygens (including phenoxy) is 3. The van der Waals surface area contributed by atoms with E-state index in [2.05, 4.69) is 4.90 Å². The van der Waals surface area contributed by atoms with Crippen LogP contribution in [0, 0.1) is 12.3 Å².